The predicted molar refractivity (Wildman–Crippen MR) is 91.6 cm³/mol. The molecule has 0 bridgehead atoms. The summed E-state index contributed by atoms with van der Waals surface area (Å²) in [6.07, 6.45) is 18.5. The monoisotopic (exact) mass is 298 g/mol. The van der Waals surface area contributed by atoms with Crippen molar-refractivity contribution in [3.8, 4) is 0 Å². The molecule has 0 fully saturated rings. The molecule has 2 heteroatoms. The normalized spacial score (nSPS) is 10.8. The molecule has 126 valence electrons. The molecule has 0 saturated carbocycles. The molecule has 0 heterocycles. The lowest BCUT2D eigenvalue weighted by Crippen LogP contribution is -2.05. The number of unbranched alkanes of at least 4 members (excludes halogenated alkanes) is 12. The van der Waals surface area contributed by atoms with E-state index in [1.54, 1.807) is 0 Å². The molecular formula is C19H38O2. The van der Waals surface area contributed by atoms with Gasteiger partial charge in [0.25, 0.3) is 0 Å². The van der Waals surface area contributed by atoms with Crippen LogP contribution in [0.5, 0.6) is 0 Å². The van der Waals surface area contributed by atoms with E-state index in [0.29, 0.717) is 13.0 Å². The number of ether oxygens (including phenoxy) is 1. The third-order valence-electron chi connectivity index (χ3n) is 4.00. The fourth-order valence-corrected chi connectivity index (χ4v) is 2.54. The second-order valence-electron chi connectivity index (χ2n) is 6.21. The van der Waals surface area contributed by atoms with Gasteiger partial charge in [-0.3, -0.25) is 4.79 Å². The minimum absolute atomic E-state index is 0.00188. The van der Waals surface area contributed by atoms with Gasteiger partial charge in [0.15, 0.2) is 0 Å². The van der Waals surface area contributed by atoms with Gasteiger partial charge in [-0.15, -0.1) is 0 Å². The average molecular weight is 299 g/mol. The molecular weight excluding hydrogens is 260 g/mol. The molecule has 0 radical (unpaired) electrons. The van der Waals surface area contributed by atoms with Gasteiger partial charge in [-0.05, 0) is 12.8 Å². The summed E-state index contributed by atoms with van der Waals surface area (Å²) in [5, 5.41) is 0. The summed E-state index contributed by atoms with van der Waals surface area (Å²) in [4.78, 5) is 11.4. The molecule has 0 aromatic rings. The van der Waals surface area contributed by atoms with Gasteiger partial charge in [0.05, 0.1) is 6.61 Å². The van der Waals surface area contributed by atoms with Crippen molar-refractivity contribution in [1.29, 1.82) is 0 Å². The number of carbonyl (C=O) groups excluding carboxylic acids is 1. The molecule has 0 atom stereocenters. The van der Waals surface area contributed by atoms with Crippen molar-refractivity contribution in [2.45, 2.75) is 110 Å². The molecule has 0 aromatic heterocycles. The van der Waals surface area contributed by atoms with Crippen LogP contribution in [-0.4, -0.2) is 12.6 Å². The summed E-state index contributed by atoms with van der Waals surface area (Å²) in [5.74, 6) is 0.00188. The third-order valence-corrected chi connectivity index (χ3v) is 4.00. The molecule has 0 aliphatic carbocycles. The van der Waals surface area contributed by atoms with E-state index in [1.807, 2.05) is 0 Å². The minimum atomic E-state index is 0.00188. The Morgan fingerprint density at radius 1 is 0.619 bits per heavy atom. The summed E-state index contributed by atoms with van der Waals surface area (Å²) >= 11 is 0. The predicted octanol–water partition coefficient (Wildman–Crippen LogP) is 6.42. The first-order valence-corrected chi connectivity index (χ1v) is 9.46. The Kier molecular flexibility index (Phi) is 17.1. The highest BCUT2D eigenvalue weighted by Crippen LogP contribution is 2.12. The average Bonchev–Trinajstić information content (AvgIpc) is 2.49. The first-order valence-electron chi connectivity index (χ1n) is 9.46. The summed E-state index contributed by atoms with van der Waals surface area (Å²) in [5.41, 5.74) is 0. The summed E-state index contributed by atoms with van der Waals surface area (Å²) < 4.78 is 5.20. The van der Waals surface area contributed by atoms with Crippen molar-refractivity contribution in [1.82, 2.24) is 0 Å². The van der Waals surface area contributed by atoms with Crippen molar-refractivity contribution in [2.75, 3.05) is 6.61 Å². The Morgan fingerprint density at radius 3 is 1.57 bits per heavy atom. The lowest BCUT2D eigenvalue weighted by Gasteiger charge is -2.04. The fourth-order valence-electron chi connectivity index (χ4n) is 2.54. The number of esters is 1. The van der Waals surface area contributed by atoms with Crippen molar-refractivity contribution >= 4 is 5.97 Å². The maximum atomic E-state index is 11.4. The lowest BCUT2D eigenvalue weighted by atomic mass is 10.1. The van der Waals surface area contributed by atoms with Crippen molar-refractivity contribution in [2.24, 2.45) is 0 Å². The molecule has 2 nitrogen and oxygen atoms in total. The number of hydrogen-bond donors (Lipinski definition) is 0. The number of rotatable bonds is 16. The van der Waals surface area contributed by atoms with Crippen LogP contribution in [0.2, 0.25) is 0 Å². The van der Waals surface area contributed by atoms with E-state index in [2.05, 4.69) is 13.8 Å². The molecule has 0 rings (SSSR count). The van der Waals surface area contributed by atoms with E-state index in [0.717, 1.165) is 19.3 Å². The smallest absolute Gasteiger partial charge is 0.305 e. The second kappa shape index (κ2) is 17.5. The number of carbonyl (C=O) groups is 1. The van der Waals surface area contributed by atoms with Crippen molar-refractivity contribution < 1.29 is 9.53 Å². The van der Waals surface area contributed by atoms with Gasteiger partial charge >= 0.3 is 5.97 Å². The van der Waals surface area contributed by atoms with Crippen LogP contribution in [0.1, 0.15) is 110 Å². The van der Waals surface area contributed by atoms with Crippen molar-refractivity contribution in [3.63, 3.8) is 0 Å². The van der Waals surface area contributed by atoms with E-state index in [-0.39, 0.29) is 5.97 Å². The van der Waals surface area contributed by atoms with E-state index in [4.69, 9.17) is 4.74 Å². The topological polar surface area (TPSA) is 26.3 Å². The zero-order valence-corrected chi connectivity index (χ0v) is 14.6. The molecule has 0 aliphatic heterocycles. The molecule has 0 aliphatic rings. The standard InChI is InChI=1S/C19H38O2/c1-3-5-7-8-9-10-11-12-13-14-15-17-19(20)21-18-16-6-4-2/h3-18H2,1-2H3. The molecule has 21 heavy (non-hydrogen) atoms. The highest BCUT2D eigenvalue weighted by molar-refractivity contribution is 5.69. The zero-order valence-electron chi connectivity index (χ0n) is 14.6. The Bertz CT molecular complexity index is 214. The van der Waals surface area contributed by atoms with Crippen LogP contribution < -0.4 is 0 Å². The van der Waals surface area contributed by atoms with Gasteiger partial charge in [-0.1, -0.05) is 90.9 Å². The quantitative estimate of drug-likeness (QED) is 0.243. The first-order chi connectivity index (χ1) is 10.3. The van der Waals surface area contributed by atoms with Gasteiger partial charge in [0.1, 0.15) is 0 Å². The molecule has 0 amide bonds. The van der Waals surface area contributed by atoms with Gasteiger partial charge in [0, 0.05) is 6.42 Å². The van der Waals surface area contributed by atoms with Crippen LogP contribution in [0, 0.1) is 0 Å². The SMILES string of the molecule is CCCCCCCCCCCCCC(=O)OCCCCC. The maximum Gasteiger partial charge on any atom is 0.305 e. The molecule has 0 saturated heterocycles. The van der Waals surface area contributed by atoms with E-state index in [9.17, 15) is 4.79 Å². The van der Waals surface area contributed by atoms with Crippen LogP contribution in [0.15, 0.2) is 0 Å². The second-order valence-corrected chi connectivity index (χ2v) is 6.21. The molecule has 0 aromatic carbocycles. The Balaban J connectivity index is 3.09. The fraction of sp³-hybridized carbons (Fsp3) is 0.947. The van der Waals surface area contributed by atoms with E-state index < -0.39 is 0 Å². The van der Waals surface area contributed by atoms with Gasteiger partial charge in [-0.2, -0.15) is 0 Å². The zero-order chi connectivity index (χ0) is 15.6. The largest absolute Gasteiger partial charge is 0.466 e. The molecule has 0 spiro atoms. The lowest BCUT2D eigenvalue weighted by molar-refractivity contribution is -0.143. The summed E-state index contributed by atoms with van der Waals surface area (Å²) in [6, 6.07) is 0. The van der Waals surface area contributed by atoms with Crippen LogP contribution in [0.25, 0.3) is 0 Å². The Hall–Kier alpha value is -0.530. The summed E-state index contributed by atoms with van der Waals surface area (Å²) in [7, 11) is 0. The molecule has 0 N–H and O–H groups in total. The summed E-state index contributed by atoms with van der Waals surface area (Å²) in [6.45, 7) is 5.04. The van der Waals surface area contributed by atoms with E-state index >= 15 is 0 Å². The highest BCUT2D eigenvalue weighted by Gasteiger charge is 2.02. The number of hydrogen-bond acceptors (Lipinski definition) is 2. The minimum Gasteiger partial charge on any atom is -0.466 e. The Labute approximate surface area is 133 Å². The van der Waals surface area contributed by atoms with Crippen LogP contribution in [0.4, 0.5) is 0 Å². The maximum absolute atomic E-state index is 11.4. The highest BCUT2D eigenvalue weighted by atomic mass is 16.5. The van der Waals surface area contributed by atoms with Crippen molar-refractivity contribution in [3.05, 3.63) is 0 Å². The first kappa shape index (κ1) is 20.5. The van der Waals surface area contributed by atoms with Gasteiger partial charge < -0.3 is 4.74 Å². The van der Waals surface area contributed by atoms with Crippen LogP contribution in [0.3, 0.4) is 0 Å². The van der Waals surface area contributed by atoms with Crippen LogP contribution >= 0.6 is 0 Å². The van der Waals surface area contributed by atoms with Gasteiger partial charge in [-0.25, -0.2) is 0 Å². The molecule has 0 unspecified atom stereocenters. The van der Waals surface area contributed by atoms with Gasteiger partial charge in [0.2, 0.25) is 0 Å². The Morgan fingerprint density at radius 2 is 1.05 bits per heavy atom. The van der Waals surface area contributed by atoms with Crippen LogP contribution in [-0.2, 0) is 9.53 Å². The third kappa shape index (κ3) is 17.4. The van der Waals surface area contributed by atoms with E-state index in [1.165, 1.54) is 70.6 Å².